The van der Waals surface area contributed by atoms with Crippen LogP contribution < -0.4 is 15.7 Å². The van der Waals surface area contributed by atoms with Gasteiger partial charge >= 0.3 is 0 Å². The molecular weight excluding hydrogens is 454 g/mol. The molecule has 0 aliphatic heterocycles. The number of hydrogen-bond donors (Lipinski definition) is 1. The summed E-state index contributed by atoms with van der Waals surface area (Å²) in [5.41, 5.74) is 12.4. The van der Waals surface area contributed by atoms with Gasteiger partial charge in [-0.05, 0) is 57.3 Å². The molecule has 2 nitrogen and oxygen atoms in total. The second-order valence-electron chi connectivity index (χ2n) is 10.2. The first-order valence-electron chi connectivity index (χ1n) is 12.2. The van der Waals surface area contributed by atoms with Gasteiger partial charge in [-0.3, -0.25) is 0 Å². The molecule has 0 saturated heterocycles. The summed E-state index contributed by atoms with van der Waals surface area (Å²) in [6.07, 6.45) is 0. The van der Waals surface area contributed by atoms with Gasteiger partial charge in [0.1, 0.15) is 11.5 Å². The van der Waals surface area contributed by atoms with Crippen LogP contribution in [0, 0.1) is 0 Å². The Morgan fingerprint density at radius 1 is 0.639 bits per heavy atom. The van der Waals surface area contributed by atoms with E-state index in [4.69, 9.17) is 10.5 Å². The molecule has 0 fully saturated rings. The van der Waals surface area contributed by atoms with E-state index < -0.39 is 8.07 Å². The molecule has 0 spiro atoms. The highest BCUT2D eigenvalue weighted by molar-refractivity contribution is 6.88. The van der Waals surface area contributed by atoms with Gasteiger partial charge in [0, 0.05) is 5.56 Å². The van der Waals surface area contributed by atoms with Gasteiger partial charge in [0.05, 0.1) is 13.8 Å². The maximum atomic E-state index is 6.01. The van der Waals surface area contributed by atoms with E-state index in [-0.39, 0.29) is 0 Å². The number of hydrogen-bond acceptors (Lipinski definition) is 2. The van der Waals surface area contributed by atoms with Crippen molar-refractivity contribution >= 4 is 35.5 Å². The molecule has 0 amide bonds. The summed E-state index contributed by atoms with van der Waals surface area (Å²) in [5, 5.41) is 3.80. The fourth-order valence-corrected chi connectivity index (χ4v) is 5.55. The third-order valence-corrected chi connectivity index (χ3v) is 8.68. The summed E-state index contributed by atoms with van der Waals surface area (Å²) < 4.78 is 5.93. The minimum Gasteiger partial charge on any atom is -0.455 e. The van der Waals surface area contributed by atoms with E-state index >= 15 is 0 Å². The minimum absolute atomic E-state index is 0.576. The molecule has 0 radical (unpaired) electrons. The fourth-order valence-electron chi connectivity index (χ4n) is 4.38. The summed E-state index contributed by atoms with van der Waals surface area (Å²) in [4.78, 5) is 0. The maximum absolute atomic E-state index is 6.01. The van der Waals surface area contributed by atoms with Gasteiger partial charge in [0.15, 0.2) is 0 Å². The van der Waals surface area contributed by atoms with E-state index in [1.165, 1.54) is 32.8 Å². The van der Waals surface area contributed by atoms with E-state index in [1.807, 2.05) is 30.3 Å². The molecule has 0 aliphatic rings. The van der Waals surface area contributed by atoms with Crippen LogP contribution in [0.4, 0.5) is 5.69 Å². The van der Waals surface area contributed by atoms with Crippen LogP contribution in [-0.2, 0) is 0 Å². The second kappa shape index (κ2) is 9.52. The van der Waals surface area contributed by atoms with Crippen LogP contribution in [0.25, 0.3) is 38.8 Å². The zero-order chi connectivity index (χ0) is 25.3. The van der Waals surface area contributed by atoms with Crippen molar-refractivity contribution in [2.75, 3.05) is 5.73 Å². The molecule has 5 rings (SSSR count). The summed E-state index contributed by atoms with van der Waals surface area (Å²) in [6, 6.07) is 38.2. The quantitative estimate of drug-likeness (QED) is 0.149. The van der Waals surface area contributed by atoms with Gasteiger partial charge in [-0.2, -0.15) is 0 Å². The molecule has 5 aromatic rings. The molecule has 0 unspecified atom stereocenters. The SMILES string of the molecule is C=C(Oc1ccccc1N)c1ccc2cc(-c3ccc(-c4ccc([Si](C)(C)C)cc4)cc3)ccc2c1. The average Bonchev–Trinajstić information content (AvgIpc) is 2.89. The van der Waals surface area contributed by atoms with Crippen LogP contribution in [0.2, 0.25) is 19.6 Å². The van der Waals surface area contributed by atoms with Gasteiger partial charge in [-0.15, -0.1) is 0 Å². The number of para-hydroxylation sites is 2. The van der Waals surface area contributed by atoms with Gasteiger partial charge in [0.2, 0.25) is 0 Å². The average molecular weight is 486 g/mol. The lowest BCUT2D eigenvalue weighted by molar-refractivity contribution is 0.519. The smallest absolute Gasteiger partial charge is 0.150 e. The molecule has 178 valence electrons. The third kappa shape index (κ3) is 4.97. The molecule has 36 heavy (non-hydrogen) atoms. The fraction of sp³-hybridized carbons (Fsp3) is 0.0909. The normalized spacial score (nSPS) is 11.4. The summed E-state index contributed by atoms with van der Waals surface area (Å²) in [7, 11) is -1.28. The van der Waals surface area contributed by atoms with Crippen LogP contribution in [0.5, 0.6) is 5.75 Å². The molecule has 0 heterocycles. The highest BCUT2D eigenvalue weighted by atomic mass is 28.3. The van der Waals surface area contributed by atoms with Crippen molar-refractivity contribution in [2.45, 2.75) is 19.6 Å². The first kappa shape index (κ1) is 23.6. The van der Waals surface area contributed by atoms with Crippen molar-refractivity contribution in [3.8, 4) is 28.0 Å². The molecular formula is C33H31NOSi. The van der Waals surface area contributed by atoms with Crippen molar-refractivity contribution in [2.24, 2.45) is 0 Å². The van der Waals surface area contributed by atoms with Gasteiger partial charge in [-0.25, -0.2) is 0 Å². The highest BCUT2D eigenvalue weighted by Crippen LogP contribution is 2.30. The number of nitrogen functional groups attached to an aromatic ring is 1. The van der Waals surface area contributed by atoms with Gasteiger partial charge in [0.25, 0.3) is 0 Å². The Morgan fingerprint density at radius 3 is 1.81 bits per heavy atom. The first-order chi connectivity index (χ1) is 17.3. The Labute approximate surface area is 214 Å². The minimum atomic E-state index is -1.28. The largest absolute Gasteiger partial charge is 0.455 e. The van der Waals surface area contributed by atoms with Gasteiger partial charge < -0.3 is 10.5 Å². The van der Waals surface area contributed by atoms with Crippen LogP contribution in [0.1, 0.15) is 5.56 Å². The Balaban J connectivity index is 1.35. The van der Waals surface area contributed by atoms with E-state index in [1.54, 1.807) is 0 Å². The summed E-state index contributed by atoms with van der Waals surface area (Å²) >= 11 is 0. The summed E-state index contributed by atoms with van der Waals surface area (Å²) in [6.45, 7) is 11.3. The molecule has 0 bridgehead atoms. The van der Waals surface area contributed by atoms with Crippen molar-refractivity contribution in [1.82, 2.24) is 0 Å². The summed E-state index contributed by atoms with van der Waals surface area (Å²) in [5.74, 6) is 1.20. The Morgan fingerprint density at radius 2 is 1.17 bits per heavy atom. The Kier molecular flexibility index (Phi) is 6.25. The van der Waals surface area contributed by atoms with Crippen molar-refractivity contribution in [1.29, 1.82) is 0 Å². The Bertz CT molecular complexity index is 1540. The zero-order valence-electron chi connectivity index (χ0n) is 21.1. The monoisotopic (exact) mass is 485 g/mol. The number of anilines is 1. The predicted molar refractivity (Wildman–Crippen MR) is 158 cm³/mol. The number of nitrogens with two attached hydrogens (primary N) is 1. The van der Waals surface area contributed by atoms with Crippen LogP contribution in [0.15, 0.2) is 116 Å². The predicted octanol–water partition coefficient (Wildman–Crippen LogP) is 8.35. The van der Waals surface area contributed by atoms with Crippen LogP contribution in [-0.4, -0.2) is 8.07 Å². The zero-order valence-corrected chi connectivity index (χ0v) is 22.1. The van der Waals surface area contributed by atoms with Crippen molar-refractivity contribution in [3.05, 3.63) is 121 Å². The molecule has 5 aromatic carbocycles. The molecule has 3 heteroatoms. The molecule has 0 atom stereocenters. The van der Waals surface area contributed by atoms with Crippen molar-refractivity contribution < 1.29 is 4.74 Å². The molecule has 0 aliphatic carbocycles. The second-order valence-corrected chi connectivity index (χ2v) is 15.3. The lowest BCUT2D eigenvalue weighted by atomic mass is 9.97. The van der Waals surface area contributed by atoms with Crippen LogP contribution in [0.3, 0.4) is 0 Å². The Hall–Kier alpha value is -4.08. The maximum Gasteiger partial charge on any atom is 0.150 e. The van der Waals surface area contributed by atoms with E-state index in [0.29, 0.717) is 17.2 Å². The third-order valence-electron chi connectivity index (χ3n) is 6.62. The standard InChI is InChI=1S/C33H31NOSi/c1-23(35-33-8-6-5-7-32(33)34)27-13-14-30-22-28(15-16-29(30)21-27)26-11-9-24(10-12-26)25-17-19-31(20-18-25)36(2,3)4/h5-22H,1,34H2,2-4H3. The van der Waals surface area contributed by atoms with Gasteiger partial charge in [-0.1, -0.05) is 116 Å². The topological polar surface area (TPSA) is 35.2 Å². The first-order valence-corrected chi connectivity index (χ1v) is 15.7. The number of ether oxygens (including phenoxy) is 1. The van der Waals surface area contributed by atoms with E-state index in [0.717, 1.165) is 10.9 Å². The van der Waals surface area contributed by atoms with E-state index in [9.17, 15) is 0 Å². The number of rotatable bonds is 6. The lowest BCUT2D eigenvalue weighted by Gasteiger charge is -2.16. The highest BCUT2D eigenvalue weighted by Gasteiger charge is 2.15. The molecule has 2 N–H and O–H groups in total. The van der Waals surface area contributed by atoms with Crippen LogP contribution >= 0.6 is 0 Å². The van der Waals surface area contributed by atoms with E-state index in [2.05, 4.69) is 105 Å². The molecule has 0 aromatic heterocycles. The van der Waals surface area contributed by atoms with Crippen molar-refractivity contribution in [3.63, 3.8) is 0 Å². The number of benzene rings is 5. The molecule has 0 saturated carbocycles. The lowest BCUT2D eigenvalue weighted by Crippen LogP contribution is -2.37. The number of fused-ring (bicyclic) bond motifs is 1.